The van der Waals surface area contributed by atoms with Crippen molar-refractivity contribution in [3.05, 3.63) is 46.7 Å². The molecule has 3 rings (SSSR count). The lowest BCUT2D eigenvalue weighted by molar-refractivity contribution is -0.141. The fraction of sp³-hybridized carbons (Fsp3) is 0.0769. The second-order valence-electron chi connectivity index (χ2n) is 4.19. The molecule has 0 aliphatic carbocycles. The summed E-state index contributed by atoms with van der Waals surface area (Å²) >= 11 is 4.78. The third-order valence-corrected chi connectivity index (χ3v) is 4.10. The quantitative estimate of drug-likeness (QED) is 0.669. The molecule has 2 heterocycles. The van der Waals surface area contributed by atoms with Crippen molar-refractivity contribution < 1.29 is 13.2 Å². The molecule has 21 heavy (non-hydrogen) atoms. The fourth-order valence-electron chi connectivity index (χ4n) is 1.71. The van der Waals surface area contributed by atoms with Gasteiger partial charge in [0.25, 0.3) is 0 Å². The monoisotopic (exact) mass is 373 g/mol. The predicted octanol–water partition coefficient (Wildman–Crippen LogP) is 5.22. The van der Waals surface area contributed by atoms with Crippen LogP contribution in [0.15, 0.2) is 41.0 Å². The molecule has 8 heteroatoms. The van der Waals surface area contributed by atoms with E-state index in [9.17, 15) is 13.2 Å². The van der Waals surface area contributed by atoms with E-state index in [1.54, 1.807) is 0 Å². The molecule has 0 atom stereocenters. The third-order valence-electron chi connectivity index (χ3n) is 2.65. The lowest BCUT2D eigenvalue weighted by Gasteiger charge is -2.06. The summed E-state index contributed by atoms with van der Waals surface area (Å²) < 4.78 is 39.2. The largest absolute Gasteiger partial charge is 0.433 e. The van der Waals surface area contributed by atoms with Gasteiger partial charge in [-0.2, -0.15) is 13.2 Å². The van der Waals surface area contributed by atoms with Crippen molar-refractivity contribution in [2.24, 2.45) is 0 Å². The van der Waals surface area contributed by atoms with Gasteiger partial charge in [-0.15, -0.1) is 0 Å². The van der Waals surface area contributed by atoms with Gasteiger partial charge in [0, 0.05) is 4.47 Å². The first kappa shape index (κ1) is 14.3. The van der Waals surface area contributed by atoms with Crippen LogP contribution in [0.4, 0.5) is 24.0 Å². The first-order valence-corrected chi connectivity index (χ1v) is 7.39. The van der Waals surface area contributed by atoms with Gasteiger partial charge in [0.2, 0.25) is 0 Å². The summed E-state index contributed by atoms with van der Waals surface area (Å²) in [7, 11) is 0. The van der Waals surface area contributed by atoms with Crippen LogP contribution < -0.4 is 5.32 Å². The number of halogens is 4. The first-order valence-electron chi connectivity index (χ1n) is 5.78. The number of hydrogen-bond donors (Lipinski definition) is 1. The third kappa shape index (κ3) is 3.16. The van der Waals surface area contributed by atoms with Gasteiger partial charge < -0.3 is 5.32 Å². The molecule has 0 unspecified atom stereocenters. The number of pyridine rings is 1. The minimum absolute atomic E-state index is 0.459. The van der Waals surface area contributed by atoms with Crippen molar-refractivity contribution in [2.75, 3.05) is 5.32 Å². The Labute approximate surface area is 130 Å². The number of benzene rings is 1. The number of rotatable bonds is 2. The Hall–Kier alpha value is -1.67. The average Bonchev–Trinajstić information content (AvgIpc) is 2.79. The summed E-state index contributed by atoms with van der Waals surface area (Å²) in [4.78, 5) is 7.76. The molecule has 0 saturated carbocycles. The molecule has 0 saturated heterocycles. The molecule has 1 N–H and O–H groups in total. The second kappa shape index (κ2) is 5.27. The van der Waals surface area contributed by atoms with Crippen molar-refractivity contribution in [3.63, 3.8) is 0 Å². The summed E-state index contributed by atoms with van der Waals surface area (Å²) in [6.07, 6.45) is -3.29. The summed E-state index contributed by atoms with van der Waals surface area (Å²) in [6, 6.07) is 7.98. The Morgan fingerprint density at radius 3 is 2.62 bits per heavy atom. The van der Waals surface area contributed by atoms with E-state index in [2.05, 4.69) is 31.2 Å². The summed E-state index contributed by atoms with van der Waals surface area (Å²) in [5.41, 5.74) is 0.360. The zero-order valence-electron chi connectivity index (χ0n) is 10.3. The van der Waals surface area contributed by atoms with E-state index >= 15 is 0 Å². The fourth-order valence-corrected chi connectivity index (χ4v) is 2.93. The van der Waals surface area contributed by atoms with Gasteiger partial charge >= 0.3 is 6.18 Å². The van der Waals surface area contributed by atoms with E-state index < -0.39 is 11.9 Å². The van der Waals surface area contributed by atoms with E-state index in [0.717, 1.165) is 27.0 Å². The van der Waals surface area contributed by atoms with Crippen LogP contribution in [0.5, 0.6) is 0 Å². The topological polar surface area (TPSA) is 37.8 Å². The smallest absolute Gasteiger partial charge is 0.330 e. The molecule has 1 aromatic carbocycles. The van der Waals surface area contributed by atoms with Gasteiger partial charge in [-0.3, -0.25) is 0 Å². The number of thiazole rings is 1. The molecule has 3 aromatic rings. The van der Waals surface area contributed by atoms with Crippen molar-refractivity contribution in [2.45, 2.75) is 6.18 Å². The number of anilines is 2. The highest BCUT2D eigenvalue weighted by Crippen LogP contribution is 2.31. The highest BCUT2D eigenvalue weighted by atomic mass is 79.9. The van der Waals surface area contributed by atoms with Crippen LogP contribution in [0.25, 0.3) is 10.2 Å². The SMILES string of the molecule is FC(F)(F)c1ccc(Nc2nc3cc(Br)ccc3s2)cn1. The van der Waals surface area contributed by atoms with Crippen LogP contribution in [0.2, 0.25) is 0 Å². The van der Waals surface area contributed by atoms with E-state index in [1.165, 1.54) is 17.4 Å². The second-order valence-corrected chi connectivity index (χ2v) is 6.13. The Balaban J connectivity index is 1.84. The van der Waals surface area contributed by atoms with Gasteiger partial charge in [0.05, 0.1) is 22.1 Å². The zero-order valence-corrected chi connectivity index (χ0v) is 12.7. The number of alkyl halides is 3. The predicted molar refractivity (Wildman–Crippen MR) is 79.8 cm³/mol. The number of fused-ring (bicyclic) bond motifs is 1. The van der Waals surface area contributed by atoms with Crippen molar-refractivity contribution in [1.29, 1.82) is 0 Å². The van der Waals surface area contributed by atoms with Crippen LogP contribution in [-0.4, -0.2) is 9.97 Å². The summed E-state index contributed by atoms with van der Waals surface area (Å²) in [6.45, 7) is 0. The molecule has 0 radical (unpaired) electrons. The molecule has 0 bridgehead atoms. The molecule has 0 spiro atoms. The molecular formula is C13H7BrF3N3S. The molecule has 0 aliphatic rings. The molecule has 0 fully saturated rings. The minimum atomic E-state index is -4.43. The van der Waals surface area contributed by atoms with Crippen molar-refractivity contribution in [1.82, 2.24) is 9.97 Å². The van der Waals surface area contributed by atoms with Crippen molar-refractivity contribution >= 4 is 48.3 Å². The maximum absolute atomic E-state index is 12.4. The number of aromatic nitrogens is 2. The Morgan fingerprint density at radius 2 is 1.95 bits per heavy atom. The van der Waals surface area contributed by atoms with Gasteiger partial charge in [-0.25, -0.2) is 9.97 Å². The van der Waals surface area contributed by atoms with E-state index in [4.69, 9.17) is 0 Å². The normalized spacial score (nSPS) is 11.8. The Bertz CT molecular complexity index is 783. The van der Waals surface area contributed by atoms with Crippen LogP contribution >= 0.6 is 27.3 Å². The van der Waals surface area contributed by atoms with Gasteiger partial charge in [-0.1, -0.05) is 27.3 Å². The van der Waals surface area contributed by atoms with Crippen LogP contribution in [0.3, 0.4) is 0 Å². The van der Waals surface area contributed by atoms with E-state index in [0.29, 0.717) is 10.8 Å². The summed E-state index contributed by atoms with van der Waals surface area (Å²) in [5, 5.41) is 3.56. The highest BCUT2D eigenvalue weighted by molar-refractivity contribution is 9.10. The molecule has 0 amide bonds. The van der Waals surface area contributed by atoms with Crippen LogP contribution in [0, 0.1) is 0 Å². The van der Waals surface area contributed by atoms with E-state index in [1.807, 2.05) is 18.2 Å². The first-order chi connectivity index (χ1) is 9.91. The summed E-state index contributed by atoms with van der Waals surface area (Å²) in [5.74, 6) is 0. The molecular weight excluding hydrogens is 367 g/mol. The van der Waals surface area contributed by atoms with Gasteiger partial charge in [0.1, 0.15) is 5.69 Å². The molecule has 0 aliphatic heterocycles. The lowest BCUT2D eigenvalue weighted by atomic mass is 10.3. The average molecular weight is 374 g/mol. The van der Waals surface area contributed by atoms with Gasteiger partial charge in [-0.05, 0) is 30.3 Å². The Morgan fingerprint density at radius 1 is 1.14 bits per heavy atom. The van der Waals surface area contributed by atoms with Crippen LogP contribution in [0.1, 0.15) is 5.69 Å². The van der Waals surface area contributed by atoms with E-state index in [-0.39, 0.29) is 0 Å². The Kier molecular flexibility index (Phi) is 3.58. The highest BCUT2D eigenvalue weighted by Gasteiger charge is 2.32. The lowest BCUT2D eigenvalue weighted by Crippen LogP contribution is -2.07. The number of hydrogen-bond acceptors (Lipinski definition) is 4. The molecule has 2 aromatic heterocycles. The standard InChI is InChI=1S/C13H7BrF3N3S/c14-7-1-3-10-9(5-7)20-12(21-10)19-8-2-4-11(18-6-8)13(15,16)17/h1-6H,(H,19,20). The number of nitrogens with one attached hydrogen (secondary N) is 1. The maximum atomic E-state index is 12.4. The van der Waals surface area contributed by atoms with Crippen LogP contribution in [-0.2, 0) is 6.18 Å². The van der Waals surface area contributed by atoms with Gasteiger partial charge in [0.15, 0.2) is 5.13 Å². The van der Waals surface area contributed by atoms with Crippen molar-refractivity contribution in [3.8, 4) is 0 Å². The maximum Gasteiger partial charge on any atom is 0.433 e. The number of nitrogens with zero attached hydrogens (tertiary/aromatic N) is 2. The zero-order chi connectivity index (χ0) is 15.0. The minimum Gasteiger partial charge on any atom is -0.330 e. The molecule has 3 nitrogen and oxygen atoms in total. The molecule has 108 valence electrons.